The molecule has 44 heavy (non-hydrogen) atoms. The summed E-state index contributed by atoms with van der Waals surface area (Å²) in [4.78, 5) is 49.1. The molecule has 0 atom stereocenters. The van der Waals surface area contributed by atoms with Crippen LogP contribution in [0.15, 0.2) is 107 Å². The number of amides is 2. The summed E-state index contributed by atoms with van der Waals surface area (Å²) in [6.45, 7) is 0. The van der Waals surface area contributed by atoms with E-state index in [4.69, 9.17) is 18.9 Å². The summed E-state index contributed by atoms with van der Waals surface area (Å²) < 4.78 is 21.4. The number of rotatable bonds is 10. The number of hydrogen-bond donors (Lipinski definition) is 2. The molecule has 0 saturated heterocycles. The zero-order chi connectivity index (χ0) is 31.3. The lowest BCUT2D eigenvalue weighted by molar-refractivity contribution is -0.139. The first-order chi connectivity index (χ1) is 21.4. The molecule has 2 amide bonds. The van der Waals surface area contributed by atoms with Crippen molar-refractivity contribution in [1.82, 2.24) is 10.9 Å². The molecule has 12 heteroatoms. The van der Waals surface area contributed by atoms with Gasteiger partial charge >= 0.3 is 23.8 Å². The first kappa shape index (κ1) is 30.7. The second-order valence-electron chi connectivity index (χ2n) is 8.73. The standard InChI is InChI=1S/C32H26N4O8/c1-41-25-15-13-22(18-28(25)44-32(40)24-11-7-4-8-12-24)20-34-36-30(38)29(37)35-33-19-21-14-16-26(27(17-21)42-2)43-31(39)23-9-5-3-6-10-23/h3-20H,1-2H3,(H,35,37)(H,36,38)/b33-19-,34-20-. The van der Waals surface area contributed by atoms with Crippen molar-refractivity contribution in [1.29, 1.82) is 0 Å². The number of hydrazone groups is 2. The van der Waals surface area contributed by atoms with Crippen LogP contribution in [-0.2, 0) is 9.59 Å². The van der Waals surface area contributed by atoms with Gasteiger partial charge in [0.2, 0.25) is 0 Å². The normalized spacial score (nSPS) is 10.7. The highest BCUT2D eigenvalue weighted by Gasteiger charge is 2.15. The van der Waals surface area contributed by atoms with E-state index in [0.717, 1.165) is 0 Å². The minimum atomic E-state index is -1.08. The van der Waals surface area contributed by atoms with Crippen LogP contribution in [0.3, 0.4) is 0 Å². The van der Waals surface area contributed by atoms with Gasteiger partial charge in [0, 0.05) is 0 Å². The number of nitrogens with zero attached hydrogens (tertiary/aromatic N) is 2. The average Bonchev–Trinajstić information content (AvgIpc) is 3.06. The van der Waals surface area contributed by atoms with Crippen LogP contribution in [-0.4, -0.2) is 50.4 Å². The molecule has 0 saturated carbocycles. The van der Waals surface area contributed by atoms with Crippen LogP contribution >= 0.6 is 0 Å². The fourth-order valence-electron chi connectivity index (χ4n) is 3.60. The van der Waals surface area contributed by atoms with E-state index in [9.17, 15) is 19.2 Å². The van der Waals surface area contributed by atoms with Gasteiger partial charge in [0.1, 0.15) is 0 Å². The fraction of sp³-hybridized carbons (Fsp3) is 0.0625. The van der Waals surface area contributed by atoms with Gasteiger partial charge < -0.3 is 18.9 Å². The molecule has 0 aliphatic rings. The van der Waals surface area contributed by atoms with Crippen molar-refractivity contribution in [2.75, 3.05) is 14.2 Å². The van der Waals surface area contributed by atoms with E-state index in [1.54, 1.807) is 78.9 Å². The van der Waals surface area contributed by atoms with Gasteiger partial charge in [0.05, 0.1) is 37.8 Å². The molecule has 222 valence electrons. The van der Waals surface area contributed by atoms with E-state index in [2.05, 4.69) is 21.1 Å². The monoisotopic (exact) mass is 594 g/mol. The van der Waals surface area contributed by atoms with E-state index in [-0.39, 0.29) is 17.2 Å². The van der Waals surface area contributed by atoms with Crippen LogP contribution in [0.25, 0.3) is 0 Å². The Labute approximate surface area is 251 Å². The van der Waals surface area contributed by atoms with Crippen molar-refractivity contribution in [2.24, 2.45) is 10.2 Å². The Morgan fingerprint density at radius 3 is 1.45 bits per heavy atom. The first-order valence-corrected chi connectivity index (χ1v) is 12.9. The molecule has 0 radical (unpaired) electrons. The van der Waals surface area contributed by atoms with E-state index in [0.29, 0.717) is 28.0 Å². The molecule has 12 nitrogen and oxygen atoms in total. The van der Waals surface area contributed by atoms with Gasteiger partial charge in [0.25, 0.3) is 0 Å². The van der Waals surface area contributed by atoms with Gasteiger partial charge in [-0.3, -0.25) is 9.59 Å². The van der Waals surface area contributed by atoms with Crippen LogP contribution in [0.5, 0.6) is 23.0 Å². The number of carbonyl (C=O) groups is 4. The predicted molar refractivity (Wildman–Crippen MR) is 160 cm³/mol. The van der Waals surface area contributed by atoms with Gasteiger partial charge in [-0.25, -0.2) is 20.4 Å². The zero-order valence-electron chi connectivity index (χ0n) is 23.6. The van der Waals surface area contributed by atoms with Crippen LogP contribution in [0.2, 0.25) is 0 Å². The third-order valence-electron chi connectivity index (χ3n) is 5.77. The maximum Gasteiger partial charge on any atom is 0.343 e. The topological polar surface area (TPSA) is 154 Å². The third kappa shape index (κ3) is 8.36. The van der Waals surface area contributed by atoms with Crippen LogP contribution in [0, 0.1) is 0 Å². The Kier molecular flexibility index (Phi) is 10.5. The van der Waals surface area contributed by atoms with Gasteiger partial charge in [-0.2, -0.15) is 10.2 Å². The highest BCUT2D eigenvalue weighted by molar-refractivity contribution is 6.35. The quantitative estimate of drug-likeness (QED) is 0.0926. The molecule has 0 fully saturated rings. The molecule has 2 N–H and O–H groups in total. The number of carbonyl (C=O) groups excluding carboxylic acids is 4. The number of esters is 2. The number of hydrogen-bond acceptors (Lipinski definition) is 10. The van der Waals surface area contributed by atoms with Crippen molar-refractivity contribution >= 4 is 36.2 Å². The molecule has 0 aliphatic carbocycles. The highest BCUT2D eigenvalue weighted by Crippen LogP contribution is 2.29. The third-order valence-corrected chi connectivity index (χ3v) is 5.77. The summed E-state index contributed by atoms with van der Waals surface area (Å²) in [6.07, 6.45) is 2.53. The average molecular weight is 595 g/mol. The van der Waals surface area contributed by atoms with Crippen molar-refractivity contribution in [3.05, 3.63) is 119 Å². The SMILES string of the molecule is COc1cc(/C=N\NC(=O)C(=O)N/N=C\c2ccc(OC)c(OC(=O)c3ccccc3)c2)ccc1OC(=O)c1ccccc1. The molecule has 4 aromatic carbocycles. The Bertz CT molecular complexity index is 1710. The number of methoxy groups -OCH3 is 2. The molecule has 0 bridgehead atoms. The van der Waals surface area contributed by atoms with Gasteiger partial charge in [-0.15, -0.1) is 0 Å². The van der Waals surface area contributed by atoms with Gasteiger partial charge in [-0.1, -0.05) is 36.4 Å². The molecule has 0 aromatic heterocycles. The molecule has 4 aromatic rings. The summed E-state index contributed by atoms with van der Waals surface area (Å²) >= 11 is 0. The minimum Gasteiger partial charge on any atom is -0.493 e. The molecule has 4 rings (SSSR count). The Balaban J connectivity index is 1.31. The summed E-state index contributed by atoms with van der Waals surface area (Å²) in [5.74, 6) is -2.38. The van der Waals surface area contributed by atoms with Crippen molar-refractivity contribution in [3.63, 3.8) is 0 Å². The molecule has 0 spiro atoms. The van der Waals surface area contributed by atoms with Crippen LogP contribution < -0.4 is 29.8 Å². The summed E-state index contributed by atoms with van der Waals surface area (Å²) in [5, 5.41) is 7.53. The molecular formula is C32H26N4O8. The van der Waals surface area contributed by atoms with Crippen molar-refractivity contribution in [2.45, 2.75) is 0 Å². The Hall–Kier alpha value is -6.30. The Morgan fingerprint density at radius 2 is 0.977 bits per heavy atom. The second kappa shape index (κ2) is 15.1. The lowest BCUT2D eigenvalue weighted by Crippen LogP contribution is -2.35. The molecule has 0 heterocycles. The molecule has 0 unspecified atom stereocenters. The largest absolute Gasteiger partial charge is 0.493 e. The second-order valence-corrected chi connectivity index (χ2v) is 8.73. The van der Waals surface area contributed by atoms with Gasteiger partial charge in [-0.05, 0) is 71.8 Å². The number of nitrogens with one attached hydrogen (secondary N) is 2. The highest BCUT2D eigenvalue weighted by atomic mass is 16.6. The zero-order valence-corrected chi connectivity index (χ0v) is 23.6. The number of benzene rings is 4. The molecular weight excluding hydrogens is 568 g/mol. The van der Waals surface area contributed by atoms with E-state index in [1.165, 1.54) is 44.8 Å². The van der Waals surface area contributed by atoms with Crippen molar-refractivity contribution < 1.29 is 38.1 Å². The van der Waals surface area contributed by atoms with Crippen LogP contribution in [0.4, 0.5) is 0 Å². The van der Waals surface area contributed by atoms with Crippen molar-refractivity contribution in [3.8, 4) is 23.0 Å². The maximum atomic E-state index is 12.4. The predicted octanol–water partition coefficient (Wildman–Crippen LogP) is 3.74. The summed E-state index contributed by atoms with van der Waals surface area (Å²) in [5.41, 5.74) is 5.86. The minimum absolute atomic E-state index is 0.141. The maximum absolute atomic E-state index is 12.4. The van der Waals surface area contributed by atoms with E-state index < -0.39 is 23.8 Å². The van der Waals surface area contributed by atoms with Gasteiger partial charge in [0.15, 0.2) is 23.0 Å². The van der Waals surface area contributed by atoms with Crippen LogP contribution in [0.1, 0.15) is 31.8 Å². The summed E-state index contributed by atoms with van der Waals surface area (Å²) in [7, 11) is 2.84. The Morgan fingerprint density at radius 1 is 0.545 bits per heavy atom. The first-order valence-electron chi connectivity index (χ1n) is 12.9. The lowest BCUT2D eigenvalue weighted by atomic mass is 10.2. The fourth-order valence-corrected chi connectivity index (χ4v) is 3.60. The smallest absolute Gasteiger partial charge is 0.343 e. The number of ether oxygens (including phenoxy) is 4. The summed E-state index contributed by atoms with van der Waals surface area (Å²) in [6, 6.07) is 26.2. The molecule has 0 aliphatic heterocycles. The van der Waals surface area contributed by atoms with E-state index >= 15 is 0 Å². The lowest BCUT2D eigenvalue weighted by Gasteiger charge is -2.10. The van der Waals surface area contributed by atoms with E-state index in [1.807, 2.05) is 0 Å².